The second kappa shape index (κ2) is 10.4. The van der Waals surface area contributed by atoms with Gasteiger partial charge in [-0.05, 0) is 49.5 Å². The Bertz CT molecular complexity index is 1200. The Balaban J connectivity index is 1.56. The van der Waals surface area contributed by atoms with Crippen molar-refractivity contribution in [2.24, 2.45) is 0 Å². The second-order valence-corrected chi connectivity index (χ2v) is 9.03. The van der Waals surface area contributed by atoms with Crippen LogP contribution >= 0.6 is 0 Å². The van der Waals surface area contributed by atoms with Crippen molar-refractivity contribution in [2.75, 3.05) is 25.1 Å². The molecule has 1 amide bonds. The van der Waals surface area contributed by atoms with Crippen molar-refractivity contribution in [3.8, 4) is 0 Å². The lowest BCUT2D eigenvalue weighted by molar-refractivity contribution is -0.147. The molecule has 1 N–H and O–H groups in total. The third kappa shape index (κ3) is 5.52. The molecular formula is C24H26N2O5S. The number of rotatable bonds is 9. The zero-order chi connectivity index (χ0) is 23.1. The molecule has 8 heteroatoms. The zero-order valence-corrected chi connectivity index (χ0v) is 18.9. The van der Waals surface area contributed by atoms with Gasteiger partial charge >= 0.3 is 5.97 Å². The van der Waals surface area contributed by atoms with Crippen molar-refractivity contribution < 1.29 is 22.7 Å². The summed E-state index contributed by atoms with van der Waals surface area (Å²) in [4.78, 5) is 26.7. The molecule has 3 aromatic carbocycles. The SMILES string of the molecule is CCN(C(=O)COC(=O)CCc1ccc(S(=O)(=O)NC)cc1)c1cccc2ccccc12. The standard InChI is InChI=1S/C24H26N2O5S/c1-3-26(22-10-6-8-19-7-4-5-9-21(19)22)23(27)17-31-24(28)16-13-18-11-14-20(15-12-18)32(29,30)25-2/h4-12,14-15,25H,3,13,16-17H2,1-2H3. The molecule has 0 aliphatic heterocycles. The number of aryl methyl sites for hydroxylation is 1. The highest BCUT2D eigenvalue weighted by molar-refractivity contribution is 7.89. The molecule has 32 heavy (non-hydrogen) atoms. The number of carbonyl (C=O) groups is 2. The van der Waals surface area contributed by atoms with Crippen molar-refractivity contribution in [3.05, 3.63) is 72.3 Å². The van der Waals surface area contributed by atoms with Crippen LogP contribution in [0.4, 0.5) is 5.69 Å². The van der Waals surface area contributed by atoms with Crippen molar-refractivity contribution in [3.63, 3.8) is 0 Å². The van der Waals surface area contributed by atoms with Gasteiger partial charge in [0.05, 0.1) is 10.6 Å². The molecule has 0 fully saturated rings. The summed E-state index contributed by atoms with van der Waals surface area (Å²) in [6, 6.07) is 19.8. The number of hydrogen-bond acceptors (Lipinski definition) is 5. The van der Waals surface area contributed by atoms with Crippen LogP contribution in [-0.2, 0) is 30.8 Å². The fourth-order valence-electron chi connectivity index (χ4n) is 3.42. The number of likely N-dealkylation sites (N-methyl/N-ethyl adjacent to an activating group) is 1. The van der Waals surface area contributed by atoms with Gasteiger partial charge in [-0.3, -0.25) is 9.59 Å². The van der Waals surface area contributed by atoms with Crippen LogP contribution in [0.3, 0.4) is 0 Å². The molecule has 0 bridgehead atoms. The maximum Gasteiger partial charge on any atom is 0.306 e. The van der Waals surface area contributed by atoms with Crippen LogP contribution in [0.1, 0.15) is 18.9 Å². The monoisotopic (exact) mass is 454 g/mol. The fourth-order valence-corrected chi connectivity index (χ4v) is 4.15. The summed E-state index contributed by atoms with van der Waals surface area (Å²) in [5, 5.41) is 1.99. The topological polar surface area (TPSA) is 92.8 Å². The lowest BCUT2D eigenvalue weighted by Crippen LogP contribution is -2.34. The summed E-state index contributed by atoms with van der Waals surface area (Å²) in [6.07, 6.45) is 0.472. The quantitative estimate of drug-likeness (QED) is 0.501. The van der Waals surface area contributed by atoms with E-state index < -0.39 is 16.0 Å². The largest absolute Gasteiger partial charge is 0.456 e. The predicted molar refractivity (Wildman–Crippen MR) is 124 cm³/mol. The number of esters is 1. The van der Waals surface area contributed by atoms with Crippen LogP contribution in [0.25, 0.3) is 10.8 Å². The van der Waals surface area contributed by atoms with Crippen LogP contribution in [0, 0.1) is 0 Å². The lowest BCUT2D eigenvalue weighted by atomic mass is 10.1. The van der Waals surface area contributed by atoms with Gasteiger partial charge in [0.1, 0.15) is 0 Å². The van der Waals surface area contributed by atoms with Gasteiger partial charge in [0.15, 0.2) is 6.61 Å². The highest BCUT2D eigenvalue weighted by atomic mass is 32.2. The van der Waals surface area contributed by atoms with E-state index >= 15 is 0 Å². The molecule has 0 unspecified atom stereocenters. The van der Waals surface area contributed by atoms with Crippen LogP contribution in [0.2, 0.25) is 0 Å². The Labute approximate surface area is 188 Å². The maximum absolute atomic E-state index is 12.7. The first-order chi connectivity index (χ1) is 15.4. The van der Waals surface area contributed by atoms with Gasteiger partial charge in [-0.25, -0.2) is 13.1 Å². The van der Waals surface area contributed by atoms with Crippen LogP contribution in [0.15, 0.2) is 71.6 Å². The van der Waals surface area contributed by atoms with Gasteiger partial charge in [0, 0.05) is 18.4 Å². The first-order valence-electron chi connectivity index (χ1n) is 10.3. The zero-order valence-electron chi connectivity index (χ0n) is 18.1. The van der Waals surface area contributed by atoms with Crippen LogP contribution in [-0.4, -0.2) is 40.5 Å². The molecule has 3 aromatic rings. The van der Waals surface area contributed by atoms with Gasteiger partial charge in [-0.15, -0.1) is 0 Å². The van der Waals surface area contributed by atoms with Gasteiger partial charge in [-0.1, -0.05) is 48.5 Å². The van der Waals surface area contributed by atoms with E-state index in [0.717, 1.165) is 22.0 Å². The van der Waals surface area contributed by atoms with Crippen molar-refractivity contribution >= 4 is 38.4 Å². The number of benzene rings is 3. The molecule has 0 aliphatic rings. The van der Waals surface area contributed by atoms with Crippen molar-refractivity contribution in [1.82, 2.24) is 4.72 Å². The van der Waals surface area contributed by atoms with Crippen molar-refractivity contribution in [1.29, 1.82) is 0 Å². The molecule has 0 saturated heterocycles. The molecule has 168 valence electrons. The number of amides is 1. The number of hydrogen-bond donors (Lipinski definition) is 1. The molecule has 3 rings (SSSR count). The van der Waals surface area contributed by atoms with E-state index in [0.29, 0.717) is 13.0 Å². The summed E-state index contributed by atoms with van der Waals surface area (Å²) in [5.41, 5.74) is 1.58. The first kappa shape index (κ1) is 23.4. The molecule has 0 spiro atoms. The minimum absolute atomic E-state index is 0.0891. The number of nitrogens with zero attached hydrogens (tertiary/aromatic N) is 1. The third-order valence-electron chi connectivity index (χ3n) is 5.15. The van der Waals surface area contributed by atoms with E-state index in [4.69, 9.17) is 4.74 Å². The van der Waals surface area contributed by atoms with E-state index in [-0.39, 0.29) is 23.8 Å². The molecule has 0 radical (unpaired) electrons. The highest BCUT2D eigenvalue weighted by Gasteiger charge is 2.18. The molecule has 0 saturated carbocycles. The van der Waals surface area contributed by atoms with E-state index in [9.17, 15) is 18.0 Å². The molecular weight excluding hydrogens is 428 g/mol. The number of sulfonamides is 1. The molecule has 0 aromatic heterocycles. The number of carbonyl (C=O) groups excluding carboxylic acids is 2. The van der Waals surface area contributed by atoms with E-state index in [1.807, 2.05) is 49.4 Å². The smallest absolute Gasteiger partial charge is 0.306 e. The molecule has 0 atom stereocenters. The van der Waals surface area contributed by atoms with Gasteiger partial charge in [0.25, 0.3) is 5.91 Å². The van der Waals surface area contributed by atoms with Crippen LogP contribution in [0.5, 0.6) is 0 Å². The van der Waals surface area contributed by atoms with Crippen molar-refractivity contribution in [2.45, 2.75) is 24.7 Å². The van der Waals surface area contributed by atoms with Gasteiger partial charge in [0.2, 0.25) is 10.0 Å². The highest BCUT2D eigenvalue weighted by Crippen LogP contribution is 2.26. The second-order valence-electron chi connectivity index (χ2n) is 7.15. The third-order valence-corrected chi connectivity index (χ3v) is 6.58. The van der Waals surface area contributed by atoms with Gasteiger partial charge in [-0.2, -0.15) is 0 Å². The number of ether oxygens (including phenoxy) is 1. The van der Waals surface area contributed by atoms with E-state index in [1.165, 1.54) is 19.2 Å². The number of fused-ring (bicyclic) bond motifs is 1. The average molecular weight is 455 g/mol. The molecule has 7 nitrogen and oxygen atoms in total. The summed E-state index contributed by atoms with van der Waals surface area (Å²) in [7, 11) is -2.15. The van der Waals surface area contributed by atoms with Gasteiger partial charge < -0.3 is 9.64 Å². The molecule has 0 heterocycles. The Morgan fingerprint density at radius 1 is 0.969 bits per heavy atom. The summed E-state index contributed by atoms with van der Waals surface area (Å²) in [6.45, 7) is 1.99. The normalized spacial score (nSPS) is 11.3. The van der Waals surface area contributed by atoms with E-state index in [1.54, 1.807) is 17.0 Å². The predicted octanol–water partition coefficient (Wildman–Crippen LogP) is 3.28. The Morgan fingerprint density at radius 2 is 1.66 bits per heavy atom. The maximum atomic E-state index is 12.7. The number of nitrogens with one attached hydrogen (secondary N) is 1. The van der Waals surface area contributed by atoms with Crippen LogP contribution < -0.4 is 9.62 Å². The summed E-state index contributed by atoms with van der Waals surface area (Å²) >= 11 is 0. The Kier molecular flexibility index (Phi) is 7.61. The Hall–Kier alpha value is -3.23. The summed E-state index contributed by atoms with van der Waals surface area (Å²) < 4.78 is 31.0. The number of anilines is 1. The minimum Gasteiger partial charge on any atom is -0.456 e. The molecule has 0 aliphatic carbocycles. The first-order valence-corrected chi connectivity index (χ1v) is 11.8. The Morgan fingerprint density at radius 3 is 2.34 bits per heavy atom. The van der Waals surface area contributed by atoms with E-state index in [2.05, 4.69) is 4.72 Å². The summed E-state index contributed by atoms with van der Waals surface area (Å²) in [5.74, 6) is -0.780. The average Bonchev–Trinajstić information content (AvgIpc) is 2.82. The fraction of sp³-hybridized carbons (Fsp3) is 0.250. The lowest BCUT2D eigenvalue weighted by Gasteiger charge is -2.22. The minimum atomic E-state index is -3.50.